The molecule has 0 aliphatic carbocycles. The molecular weight excluding hydrogens is 292 g/mol. The Morgan fingerprint density at radius 3 is 2.60 bits per heavy atom. The molecule has 0 bridgehead atoms. The summed E-state index contributed by atoms with van der Waals surface area (Å²) in [5, 5.41) is -0.291. The third-order valence-corrected chi connectivity index (χ3v) is 2.78. The zero-order valence-corrected chi connectivity index (χ0v) is 10.7. The quantitative estimate of drug-likeness (QED) is 0.536. The number of hydrogen-bond acceptors (Lipinski definition) is 3. The van der Waals surface area contributed by atoms with Gasteiger partial charge in [0.25, 0.3) is 0 Å². The number of ether oxygens (including phenoxy) is 1. The van der Waals surface area contributed by atoms with Crippen molar-refractivity contribution in [2.75, 3.05) is 6.61 Å². The molecule has 2 rings (SSSR count). The second-order valence-corrected chi connectivity index (χ2v) is 4.24. The number of benzene rings is 1. The number of hydrogen-bond donors (Lipinski definition) is 1. The Bertz CT molecular complexity index is 656. The van der Waals surface area contributed by atoms with Crippen molar-refractivity contribution in [3.05, 3.63) is 58.4 Å². The predicted octanol–water partition coefficient (Wildman–Crippen LogP) is 2.99. The standard InChI is InChI=1S/C13H8ClF2NO3/c14-8-5-10(16)9(15)4-7(8)13(19)20-6-12(18)11-2-1-3-17-11/h1-5,17H,6H2. The number of ketones is 1. The molecule has 1 heterocycles. The van der Waals surface area contributed by atoms with E-state index in [4.69, 9.17) is 16.3 Å². The lowest BCUT2D eigenvalue weighted by molar-refractivity contribution is 0.0473. The fraction of sp³-hybridized carbons (Fsp3) is 0.0769. The number of rotatable bonds is 4. The maximum absolute atomic E-state index is 13.0. The largest absolute Gasteiger partial charge is 0.454 e. The molecular formula is C13H8ClF2NO3. The minimum Gasteiger partial charge on any atom is -0.454 e. The van der Waals surface area contributed by atoms with Crippen LogP contribution in [0.3, 0.4) is 0 Å². The fourth-order valence-corrected chi connectivity index (χ4v) is 1.70. The summed E-state index contributed by atoms with van der Waals surface area (Å²) in [5.74, 6) is -3.86. The summed E-state index contributed by atoms with van der Waals surface area (Å²) in [7, 11) is 0. The van der Waals surface area contributed by atoms with E-state index in [-0.39, 0.29) is 16.3 Å². The molecule has 1 N–H and O–H groups in total. The highest BCUT2D eigenvalue weighted by atomic mass is 35.5. The van der Waals surface area contributed by atoms with Crippen LogP contribution < -0.4 is 0 Å². The van der Waals surface area contributed by atoms with Crippen LogP contribution in [0.1, 0.15) is 20.8 Å². The van der Waals surface area contributed by atoms with Gasteiger partial charge >= 0.3 is 5.97 Å². The van der Waals surface area contributed by atoms with Crippen LogP contribution in [0, 0.1) is 11.6 Å². The first-order valence-electron chi connectivity index (χ1n) is 5.47. The van der Waals surface area contributed by atoms with Crippen molar-refractivity contribution in [2.45, 2.75) is 0 Å². The van der Waals surface area contributed by atoms with E-state index in [0.717, 1.165) is 0 Å². The van der Waals surface area contributed by atoms with Crippen molar-refractivity contribution in [2.24, 2.45) is 0 Å². The molecule has 2 aromatic rings. The van der Waals surface area contributed by atoms with Crippen molar-refractivity contribution in [3.8, 4) is 0 Å². The third kappa shape index (κ3) is 3.03. The Morgan fingerprint density at radius 1 is 1.25 bits per heavy atom. The molecule has 7 heteroatoms. The lowest BCUT2D eigenvalue weighted by Crippen LogP contribution is -2.15. The number of halogens is 3. The Hall–Kier alpha value is -2.21. The topological polar surface area (TPSA) is 59.2 Å². The van der Waals surface area contributed by atoms with Crippen LogP contribution in [0.25, 0.3) is 0 Å². The number of aromatic amines is 1. The number of aromatic nitrogens is 1. The molecule has 0 amide bonds. The van der Waals surface area contributed by atoms with Gasteiger partial charge in [0.15, 0.2) is 18.2 Å². The van der Waals surface area contributed by atoms with Gasteiger partial charge in [-0.25, -0.2) is 13.6 Å². The highest BCUT2D eigenvalue weighted by Crippen LogP contribution is 2.20. The van der Waals surface area contributed by atoms with Crippen LogP contribution in [0.4, 0.5) is 8.78 Å². The van der Waals surface area contributed by atoms with Gasteiger partial charge < -0.3 is 9.72 Å². The molecule has 104 valence electrons. The van der Waals surface area contributed by atoms with E-state index in [1.54, 1.807) is 12.3 Å². The van der Waals surface area contributed by atoms with Gasteiger partial charge in [-0.3, -0.25) is 4.79 Å². The van der Waals surface area contributed by atoms with Gasteiger partial charge in [0.2, 0.25) is 5.78 Å². The van der Waals surface area contributed by atoms with E-state index >= 15 is 0 Å². The van der Waals surface area contributed by atoms with Crippen LogP contribution in [-0.4, -0.2) is 23.3 Å². The highest BCUT2D eigenvalue weighted by Gasteiger charge is 2.18. The Morgan fingerprint density at radius 2 is 1.95 bits per heavy atom. The molecule has 0 saturated carbocycles. The normalized spacial score (nSPS) is 10.3. The molecule has 0 atom stereocenters. The van der Waals surface area contributed by atoms with Crippen LogP contribution in [0.15, 0.2) is 30.5 Å². The first kappa shape index (κ1) is 14.2. The summed E-state index contributed by atoms with van der Waals surface area (Å²) < 4.78 is 30.6. The zero-order valence-electron chi connectivity index (χ0n) is 9.95. The van der Waals surface area contributed by atoms with Gasteiger partial charge in [-0.15, -0.1) is 0 Å². The van der Waals surface area contributed by atoms with Crippen LogP contribution in [-0.2, 0) is 4.74 Å². The smallest absolute Gasteiger partial charge is 0.340 e. The SMILES string of the molecule is O=C(COC(=O)c1cc(F)c(F)cc1Cl)c1ccc[nH]1. The predicted molar refractivity (Wildman–Crippen MR) is 66.8 cm³/mol. The minimum atomic E-state index is -1.22. The lowest BCUT2D eigenvalue weighted by atomic mass is 10.2. The molecule has 0 spiro atoms. The lowest BCUT2D eigenvalue weighted by Gasteiger charge is -2.06. The van der Waals surface area contributed by atoms with Crippen LogP contribution >= 0.6 is 11.6 Å². The average Bonchev–Trinajstić information content (AvgIpc) is 2.94. The number of esters is 1. The van der Waals surface area contributed by atoms with Gasteiger partial charge in [0, 0.05) is 6.20 Å². The summed E-state index contributed by atoms with van der Waals surface area (Å²) in [4.78, 5) is 25.9. The first-order chi connectivity index (χ1) is 9.49. The number of Topliss-reactive ketones (excluding diaryl/α,β-unsaturated/α-hetero) is 1. The molecule has 0 saturated heterocycles. The Balaban J connectivity index is 2.06. The van der Waals surface area contributed by atoms with E-state index in [9.17, 15) is 18.4 Å². The van der Waals surface area contributed by atoms with Crippen LogP contribution in [0.5, 0.6) is 0 Å². The second-order valence-electron chi connectivity index (χ2n) is 3.83. The number of carbonyl (C=O) groups is 2. The molecule has 1 aromatic carbocycles. The minimum absolute atomic E-state index is 0.272. The van der Waals surface area contributed by atoms with Gasteiger partial charge in [-0.1, -0.05) is 11.6 Å². The monoisotopic (exact) mass is 299 g/mol. The van der Waals surface area contributed by atoms with Crippen molar-refractivity contribution < 1.29 is 23.1 Å². The summed E-state index contributed by atoms with van der Waals surface area (Å²) in [6, 6.07) is 4.42. The summed E-state index contributed by atoms with van der Waals surface area (Å²) >= 11 is 5.61. The summed E-state index contributed by atoms with van der Waals surface area (Å²) in [6.45, 7) is -0.533. The molecule has 0 aliphatic heterocycles. The Labute approximate surface area is 117 Å². The molecule has 0 fully saturated rings. The molecule has 1 aromatic heterocycles. The van der Waals surface area contributed by atoms with Crippen molar-refractivity contribution in [1.82, 2.24) is 4.98 Å². The molecule has 20 heavy (non-hydrogen) atoms. The third-order valence-electron chi connectivity index (χ3n) is 2.46. The van der Waals surface area contributed by atoms with Gasteiger partial charge in [0.05, 0.1) is 16.3 Å². The van der Waals surface area contributed by atoms with E-state index in [2.05, 4.69) is 4.98 Å². The summed E-state index contributed by atoms with van der Waals surface area (Å²) in [5.41, 5.74) is -0.0703. The van der Waals surface area contributed by atoms with Gasteiger partial charge in [0.1, 0.15) is 0 Å². The van der Waals surface area contributed by atoms with Gasteiger partial charge in [-0.05, 0) is 24.3 Å². The first-order valence-corrected chi connectivity index (χ1v) is 5.85. The summed E-state index contributed by atoms with van der Waals surface area (Å²) in [6.07, 6.45) is 1.54. The van der Waals surface area contributed by atoms with Gasteiger partial charge in [-0.2, -0.15) is 0 Å². The average molecular weight is 300 g/mol. The maximum atomic E-state index is 13.0. The number of nitrogens with one attached hydrogen (secondary N) is 1. The Kier molecular flexibility index (Phi) is 4.14. The highest BCUT2D eigenvalue weighted by molar-refractivity contribution is 6.33. The molecule has 4 nitrogen and oxygen atoms in total. The van der Waals surface area contributed by atoms with Crippen molar-refractivity contribution in [1.29, 1.82) is 0 Å². The zero-order chi connectivity index (χ0) is 14.7. The fourth-order valence-electron chi connectivity index (χ4n) is 1.47. The maximum Gasteiger partial charge on any atom is 0.340 e. The van der Waals surface area contributed by atoms with Crippen LogP contribution in [0.2, 0.25) is 5.02 Å². The molecule has 0 unspecified atom stereocenters. The van der Waals surface area contributed by atoms with E-state index in [0.29, 0.717) is 12.1 Å². The van der Waals surface area contributed by atoms with Crippen molar-refractivity contribution >= 4 is 23.4 Å². The van der Waals surface area contributed by atoms with E-state index in [1.165, 1.54) is 6.07 Å². The van der Waals surface area contributed by atoms with E-state index in [1.807, 2.05) is 0 Å². The second kappa shape index (κ2) is 5.83. The van der Waals surface area contributed by atoms with E-state index < -0.39 is 30.0 Å². The molecule has 0 aliphatic rings. The number of carbonyl (C=O) groups excluding carboxylic acids is 2. The van der Waals surface area contributed by atoms with Crippen molar-refractivity contribution in [3.63, 3.8) is 0 Å². The number of H-pyrrole nitrogens is 1. The molecule has 0 radical (unpaired) electrons.